The highest BCUT2D eigenvalue weighted by molar-refractivity contribution is 5.94. The Morgan fingerprint density at radius 1 is 1.00 bits per heavy atom. The molecule has 0 radical (unpaired) electrons. The van der Waals surface area contributed by atoms with Gasteiger partial charge in [0, 0.05) is 45.1 Å². The van der Waals surface area contributed by atoms with Crippen LogP contribution in [0.4, 0.5) is 11.5 Å². The summed E-state index contributed by atoms with van der Waals surface area (Å²) in [5, 5.41) is 2.98. The Bertz CT molecular complexity index is 951. The summed E-state index contributed by atoms with van der Waals surface area (Å²) in [5.41, 5.74) is 3.86. The zero-order chi connectivity index (χ0) is 20.1. The van der Waals surface area contributed by atoms with Gasteiger partial charge in [0.25, 0.3) is 5.91 Å². The van der Waals surface area contributed by atoms with E-state index >= 15 is 0 Å². The molecule has 0 aliphatic carbocycles. The molecule has 4 rings (SSSR count). The minimum Gasteiger partial charge on any atom is -0.367 e. The van der Waals surface area contributed by atoms with Gasteiger partial charge < -0.3 is 15.1 Å². The number of carbonyl (C=O) groups excluding carboxylic acids is 1. The van der Waals surface area contributed by atoms with Gasteiger partial charge in [0.1, 0.15) is 5.82 Å². The maximum atomic E-state index is 12.6. The quantitative estimate of drug-likeness (QED) is 0.729. The molecule has 6 heteroatoms. The van der Waals surface area contributed by atoms with Crippen molar-refractivity contribution in [3.8, 4) is 0 Å². The predicted octanol–water partition coefficient (Wildman–Crippen LogP) is 3.04. The van der Waals surface area contributed by atoms with E-state index in [1.54, 1.807) is 6.20 Å². The topological polar surface area (TPSA) is 61.4 Å². The molecule has 2 aromatic heterocycles. The fourth-order valence-corrected chi connectivity index (χ4v) is 3.45. The Labute approximate surface area is 171 Å². The first-order valence-electron chi connectivity index (χ1n) is 9.89. The lowest BCUT2D eigenvalue weighted by atomic mass is 10.1. The molecular formula is C23H25N5O. The van der Waals surface area contributed by atoms with Crippen molar-refractivity contribution in [1.29, 1.82) is 0 Å². The Morgan fingerprint density at radius 3 is 2.48 bits per heavy atom. The molecule has 3 heterocycles. The van der Waals surface area contributed by atoms with E-state index in [0.29, 0.717) is 12.1 Å². The van der Waals surface area contributed by atoms with Crippen LogP contribution in [0.25, 0.3) is 0 Å². The largest absolute Gasteiger partial charge is 0.367 e. The molecule has 3 aromatic rings. The molecule has 1 saturated heterocycles. The van der Waals surface area contributed by atoms with E-state index in [-0.39, 0.29) is 5.91 Å². The summed E-state index contributed by atoms with van der Waals surface area (Å²) in [5.74, 6) is 0.904. The first kappa shape index (κ1) is 18.9. The molecule has 148 valence electrons. The normalized spacial score (nSPS) is 14.0. The van der Waals surface area contributed by atoms with Crippen LogP contribution in [0.2, 0.25) is 0 Å². The van der Waals surface area contributed by atoms with Crippen LogP contribution in [0, 0.1) is 6.92 Å². The van der Waals surface area contributed by atoms with Gasteiger partial charge in [-0.15, -0.1) is 0 Å². The summed E-state index contributed by atoms with van der Waals surface area (Å²) >= 11 is 0. The number of hydrogen-bond donors (Lipinski definition) is 1. The van der Waals surface area contributed by atoms with E-state index in [1.165, 1.54) is 5.56 Å². The van der Waals surface area contributed by atoms with Gasteiger partial charge in [-0.25, -0.2) is 4.98 Å². The maximum absolute atomic E-state index is 12.6. The minimum atomic E-state index is -0.105. The van der Waals surface area contributed by atoms with Crippen LogP contribution in [0.5, 0.6) is 0 Å². The molecule has 1 fully saturated rings. The van der Waals surface area contributed by atoms with Crippen LogP contribution >= 0.6 is 0 Å². The number of anilines is 2. The highest BCUT2D eigenvalue weighted by atomic mass is 16.1. The molecule has 1 aliphatic heterocycles. The number of aromatic nitrogens is 2. The number of benzene rings is 1. The maximum Gasteiger partial charge on any atom is 0.253 e. The van der Waals surface area contributed by atoms with Crippen LogP contribution in [-0.2, 0) is 6.54 Å². The molecule has 1 amide bonds. The van der Waals surface area contributed by atoms with Gasteiger partial charge in [0.15, 0.2) is 0 Å². The summed E-state index contributed by atoms with van der Waals surface area (Å²) in [7, 11) is 0. The summed E-state index contributed by atoms with van der Waals surface area (Å²) < 4.78 is 0. The summed E-state index contributed by atoms with van der Waals surface area (Å²) in [4.78, 5) is 25.8. The standard InChI is InChI=1S/C23H25N5O/c1-18-5-7-19(8-6-18)15-26-23(29)20-14-21(17-24-16-20)27-10-12-28(13-11-27)22-4-2-3-9-25-22/h2-9,14,16-17H,10-13,15H2,1H3,(H,26,29). The van der Waals surface area contributed by atoms with Crippen LogP contribution in [0.3, 0.4) is 0 Å². The third kappa shape index (κ3) is 4.71. The van der Waals surface area contributed by atoms with E-state index in [0.717, 1.165) is 43.2 Å². The molecule has 0 spiro atoms. The van der Waals surface area contributed by atoms with Gasteiger partial charge in [0.2, 0.25) is 0 Å². The van der Waals surface area contributed by atoms with Crippen molar-refractivity contribution in [2.24, 2.45) is 0 Å². The third-order valence-corrected chi connectivity index (χ3v) is 5.18. The third-order valence-electron chi connectivity index (χ3n) is 5.18. The van der Waals surface area contributed by atoms with Crippen LogP contribution in [0.1, 0.15) is 21.5 Å². The second-order valence-corrected chi connectivity index (χ2v) is 7.26. The number of amides is 1. The van der Waals surface area contributed by atoms with E-state index in [1.807, 2.05) is 60.9 Å². The number of aryl methyl sites for hydroxylation is 1. The molecule has 1 aromatic carbocycles. The van der Waals surface area contributed by atoms with Crippen molar-refractivity contribution in [1.82, 2.24) is 15.3 Å². The van der Waals surface area contributed by atoms with Gasteiger partial charge in [0.05, 0.1) is 17.4 Å². The van der Waals surface area contributed by atoms with E-state index in [2.05, 4.69) is 32.0 Å². The van der Waals surface area contributed by atoms with Crippen molar-refractivity contribution in [2.45, 2.75) is 13.5 Å². The monoisotopic (exact) mass is 387 g/mol. The lowest BCUT2D eigenvalue weighted by molar-refractivity contribution is 0.0950. The fraction of sp³-hybridized carbons (Fsp3) is 0.261. The number of hydrogen-bond acceptors (Lipinski definition) is 5. The molecule has 29 heavy (non-hydrogen) atoms. The lowest BCUT2D eigenvalue weighted by Gasteiger charge is -2.36. The lowest BCUT2D eigenvalue weighted by Crippen LogP contribution is -2.46. The SMILES string of the molecule is Cc1ccc(CNC(=O)c2cncc(N3CCN(c4ccccn4)CC3)c2)cc1. The number of nitrogens with zero attached hydrogens (tertiary/aromatic N) is 4. The number of nitrogens with one attached hydrogen (secondary N) is 1. The summed E-state index contributed by atoms with van der Waals surface area (Å²) in [6.45, 7) is 6.07. The Morgan fingerprint density at radius 2 is 1.76 bits per heavy atom. The molecule has 0 bridgehead atoms. The summed E-state index contributed by atoms with van der Waals surface area (Å²) in [6, 6.07) is 16.1. The fourth-order valence-electron chi connectivity index (χ4n) is 3.45. The first-order valence-corrected chi connectivity index (χ1v) is 9.89. The first-order chi connectivity index (χ1) is 14.2. The van der Waals surface area contributed by atoms with Crippen molar-refractivity contribution >= 4 is 17.4 Å². The Hall–Kier alpha value is -3.41. The molecule has 6 nitrogen and oxygen atoms in total. The van der Waals surface area contributed by atoms with E-state index in [4.69, 9.17) is 0 Å². The second kappa shape index (κ2) is 8.73. The molecule has 0 unspecified atom stereocenters. The second-order valence-electron chi connectivity index (χ2n) is 7.26. The van der Waals surface area contributed by atoms with Crippen molar-refractivity contribution in [3.63, 3.8) is 0 Å². The average molecular weight is 387 g/mol. The highest BCUT2D eigenvalue weighted by Crippen LogP contribution is 2.19. The number of pyridine rings is 2. The molecular weight excluding hydrogens is 362 g/mol. The minimum absolute atomic E-state index is 0.105. The van der Waals surface area contributed by atoms with E-state index < -0.39 is 0 Å². The van der Waals surface area contributed by atoms with Crippen molar-refractivity contribution in [3.05, 3.63) is 83.8 Å². The zero-order valence-electron chi connectivity index (χ0n) is 16.6. The average Bonchev–Trinajstić information content (AvgIpc) is 2.79. The Kier molecular flexibility index (Phi) is 5.70. The van der Waals surface area contributed by atoms with Gasteiger partial charge in [-0.1, -0.05) is 35.9 Å². The number of rotatable bonds is 5. The molecule has 0 atom stereocenters. The van der Waals surface area contributed by atoms with Crippen molar-refractivity contribution < 1.29 is 4.79 Å². The zero-order valence-corrected chi connectivity index (χ0v) is 16.6. The molecule has 1 N–H and O–H groups in total. The van der Waals surface area contributed by atoms with Crippen LogP contribution in [-0.4, -0.2) is 42.1 Å². The van der Waals surface area contributed by atoms with Gasteiger partial charge in [-0.05, 0) is 30.7 Å². The van der Waals surface area contributed by atoms with Gasteiger partial charge in [-0.3, -0.25) is 9.78 Å². The summed E-state index contributed by atoms with van der Waals surface area (Å²) in [6.07, 6.45) is 5.27. The van der Waals surface area contributed by atoms with Crippen molar-refractivity contribution in [2.75, 3.05) is 36.0 Å². The van der Waals surface area contributed by atoms with E-state index in [9.17, 15) is 4.79 Å². The molecule has 1 aliphatic rings. The number of carbonyl (C=O) groups is 1. The van der Waals surface area contributed by atoms with Crippen LogP contribution in [0.15, 0.2) is 67.1 Å². The van der Waals surface area contributed by atoms with Gasteiger partial charge >= 0.3 is 0 Å². The number of piperazine rings is 1. The molecule has 0 saturated carbocycles. The van der Waals surface area contributed by atoms with Gasteiger partial charge in [-0.2, -0.15) is 0 Å². The highest BCUT2D eigenvalue weighted by Gasteiger charge is 2.19. The van der Waals surface area contributed by atoms with Crippen LogP contribution < -0.4 is 15.1 Å². The Balaban J connectivity index is 1.36. The predicted molar refractivity (Wildman–Crippen MR) is 115 cm³/mol. The smallest absolute Gasteiger partial charge is 0.253 e.